The number of unbranched alkanes of at least 4 members (excludes halogenated alkanes) is 5. The minimum Gasteiger partial charge on any atom is -0.460 e. The molecule has 0 fully saturated rings. The van der Waals surface area contributed by atoms with E-state index in [1.807, 2.05) is 0 Å². The van der Waals surface area contributed by atoms with Crippen LogP contribution in [0.15, 0.2) is 0 Å². The summed E-state index contributed by atoms with van der Waals surface area (Å²) in [5.41, 5.74) is 5.28. The molecule has 96 valence electrons. The average molecular weight is 240 g/mol. The van der Waals surface area contributed by atoms with E-state index in [-0.39, 0.29) is 11.8 Å². The van der Waals surface area contributed by atoms with E-state index >= 15 is 0 Å². The molecular formula is C11H20N4O2. The van der Waals surface area contributed by atoms with Crippen LogP contribution >= 0.6 is 0 Å². The van der Waals surface area contributed by atoms with E-state index in [4.69, 9.17) is 10.5 Å². The number of rotatable bonds is 8. The van der Waals surface area contributed by atoms with Crippen LogP contribution in [0.5, 0.6) is 0 Å². The summed E-state index contributed by atoms with van der Waals surface area (Å²) in [7, 11) is 0. The van der Waals surface area contributed by atoms with Crippen molar-refractivity contribution in [2.45, 2.75) is 45.4 Å². The highest BCUT2D eigenvalue weighted by Gasteiger charge is 2.11. The molecule has 0 aliphatic rings. The molecule has 0 amide bonds. The summed E-state index contributed by atoms with van der Waals surface area (Å²) < 4.78 is 5.02. The van der Waals surface area contributed by atoms with Crippen molar-refractivity contribution >= 4 is 11.9 Å². The van der Waals surface area contributed by atoms with E-state index in [1.54, 1.807) is 0 Å². The SMILES string of the molecule is CCCCCCCCOC(=O)c1nc(N)n[nH]1. The highest BCUT2D eigenvalue weighted by Crippen LogP contribution is 2.05. The fourth-order valence-corrected chi connectivity index (χ4v) is 1.48. The van der Waals surface area contributed by atoms with Crippen LogP contribution in [0.2, 0.25) is 0 Å². The van der Waals surface area contributed by atoms with Gasteiger partial charge in [0.15, 0.2) is 0 Å². The van der Waals surface area contributed by atoms with Crippen LogP contribution < -0.4 is 5.73 Å². The van der Waals surface area contributed by atoms with E-state index in [1.165, 1.54) is 25.7 Å². The van der Waals surface area contributed by atoms with Gasteiger partial charge in [0.2, 0.25) is 11.8 Å². The number of aromatic amines is 1. The number of aromatic nitrogens is 3. The van der Waals surface area contributed by atoms with Crippen molar-refractivity contribution in [1.29, 1.82) is 0 Å². The predicted molar refractivity (Wildman–Crippen MR) is 64.5 cm³/mol. The predicted octanol–water partition coefficient (Wildman–Crippen LogP) is 1.90. The fraction of sp³-hybridized carbons (Fsp3) is 0.727. The standard InChI is InChI=1S/C11H20N4O2/c1-2-3-4-5-6-7-8-17-10(16)9-13-11(12)15-14-9/h2-8H2,1H3,(H3,12,13,14,15). The molecular weight excluding hydrogens is 220 g/mol. The second kappa shape index (κ2) is 7.65. The second-order valence-electron chi connectivity index (χ2n) is 3.95. The summed E-state index contributed by atoms with van der Waals surface area (Å²) in [5, 5.41) is 5.97. The Morgan fingerprint density at radius 1 is 1.29 bits per heavy atom. The molecule has 0 radical (unpaired) electrons. The average Bonchev–Trinajstić information content (AvgIpc) is 2.74. The summed E-state index contributed by atoms with van der Waals surface area (Å²) in [6.07, 6.45) is 6.94. The van der Waals surface area contributed by atoms with Crippen LogP contribution in [0.4, 0.5) is 5.95 Å². The third-order valence-electron chi connectivity index (χ3n) is 2.43. The van der Waals surface area contributed by atoms with Crippen molar-refractivity contribution in [3.63, 3.8) is 0 Å². The zero-order valence-electron chi connectivity index (χ0n) is 10.2. The molecule has 1 heterocycles. The minimum absolute atomic E-state index is 0.0523. The lowest BCUT2D eigenvalue weighted by molar-refractivity contribution is 0.0484. The lowest BCUT2D eigenvalue weighted by Gasteiger charge is -2.02. The molecule has 6 nitrogen and oxygen atoms in total. The van der Waals surface area contributed by atoms with Gasteiger partial charge in [0.1, 0.15) is 0 Å². The maximum absolute atomic E-state index is 11.4. The number of nitrogens with zero attached hydrogens (tertiary/aromatic N) is 2. The first-order valence-corrected chi connectivity index (χ1v) is 6.09. The molecule has 6 heteroatoms. The highest BCUT2D eigenvalue weighted by atomic mass is 16.5. The Balaban J connectivity index is 2.05. The molecule has 0 bridgehead atoms. The molecule has 3 N–H and O–H groups in total. The van der Waals surface area contributed by atoms with E-state index in [0.29, 0.717) is 6.61 Å². The van der Waals surface area contributed by atoms with E-state index < -0.39 is 5.97 Å². The van der Waals surface area contributed by atoms with E-state index in [0.717, 1.165) is 12.8 Å². The van der Waals surface area contributed by atoms with Crippen LogP contribution in [0.3, 0.4) is 0 Å². The molecule has 1 aromatic rings. The van der Waals surface area contributed by atoms with Gasteiger partial charge < -0.3 is 10.5 Å². The first-order valence-electron chi connectivity index (χ1n) is 6.09. The van der Waals surface area contributed by atoms with Crippen molar-refractivity contribution in [3.05, 3.63) is 5.82 Å². The molecule has 0 spiro atoms. The van der Waals surface area contributed by atoms with E-state index in [9.17, 15) is 4.79 Å². The third kappa shape index (κ3) is 5.33. The molecule has 0 aromatic carbocycles. The van der Waals surface area contributed by atoms with Crippen LogP contribution in [0.25, 0.3) is 0 Å². The molecule has 0 aliphatic heterocycles. The van der Waals surface area contributed by atoms with Crippen molar-refractivity contribution < 1.29 is 9.53 Å². The monoisotopic (exact) mass is 240 g/mol. The van der Waals surface area contributed by atoms with Crippen molar-refractivity contribution in [2.75, 3.05) is 12.3 Å². The minimum atomic E-state index is -0.497. The van der Waals surface area contributed by atoms with Crippen LogP contribution in [-0.4, -0.2) is 27.8 Å². The Morgan fingerprint density at radius 3 is 2.65 bits per heavy atom. The van der Waals surface area contributed by atoms with Gasteiger partial charge in [0.05, 0.1) is 6.61 Å². The lowest BCUT2D eigenvalue weighted by atomic mass is 10.1. The lowest BCUT2D eigenvalue weighted by Crippen LogP contribution is -2.08. The second-order valence-corrected chi connectivity index (χ2v) is 3.95. The zero-order chi connectivity index (χ0) is 12.5. The normalized spacial score (nSPS) is 10.4. The number of esters is 1. The van der Waals surface area contributed by atoms with Crippen molar-refractivity contribution in [3.8, 4) is 0 Å². The number of ether oxygens (including phenoxy) is 1. The maximum atomic E-state index is 11.4. The topological polar surface area (TPSA) is 93.9 Å². The number of anilines is 1. The van der Waals surface area contributed by atoms with Gasteiger partial charge in [-0.25, -0.2) is 4.79 Å². The first kappa shape index (κ1) is 13.5. The van der Waals surface area contributed by atoms with Gasteiger partial charge in [-0.2, -0.15) is 4.98 Å². The van der Waals surface area contributed by atoms with Crippen molar-refractivity contribution in [2.24, 2.45) is 0 Å². The Morgan fingerprint density at radius 2 is 2.00 bits per heavy atom. The Labute approximate surface area is 101 Å². The van der Waals surface area contributed by atoms with Gasteiger partial charge in [-0.05, 0) is 6.42 Å². The number of H-pyrrole nitrogens is 1. The number of hydrogen-bond acceptors (Lipinski definition) is 5. The molecule has 0 aliphatic carbocycles. The number of nitrogens with two attached hydrogens (primary N) is 1. The summed E-state index contributed by atoms with van der Waals surface area (Å²) in [6.45, 7) is 2.61. The number of carbonyl (C=O) groups excluding carboxylic acids is 1. The third-order valence-corrected chi connectivity index (χ3v) is 2.43. The summed E-state index contributed by atoms with van der Waals surface area (Å²) in [4.78, 5) is 15.1. The largest absolute Gasteiger partial charge is 0.460 e. The molecule has 0 saturated heterocycles. The summed E-state index contributed by atoms with van der Waals surface area (Å²) >= 11 is 0. The Kier molecular flexibility index (Phi) is 6.06. The molecule has 0 saturated carbocycles. The van der Waals surface area contributed by atoms with Gasteiger partial charge in [0.25, 0.3) is 0 Å². The van der Waals surface area contributed by atoms with Crippen LogP contribution in [-0.2, 0) is 4.74 Å². The molecule has 1 aromatic heterocycles. The summed E-state index contributed by atoms with van der Waals surface area (Å²) in [5.74, 6) is -0.382. The van der Waals surface area contributed by atoms with Crippen LogP contribution in [0.1, 0.15) is 56.1 Å². The number of nitrogens with one attached hydrogen (secondary N) is 1. The van der Waals surface area contributed by atoms with E-state index in [2.05, 4.69) is 22.1 Å². The first-order chi connectivity index (χ1) is 8.24. The highest BCUT2D eigenvalue weighted by molar-refractivity contribution is 5.85. The smallest absolute Gasteiger partial charge is 0.375 e. The zero-order valence-corrected chi connectivity index (χ0v) is 10.2. The molecule has 0 unspecified atom stereocenters. The quantitative estimate of drug-likeness (QED) is 0.534. The maximum Gasteiger partial charge on any atom is 0.375 e. The summed E-state index contributed by atoms with van der Waals surface area (Å²) in [6, 6.07) is 0. The molecule has 0 atom stereocenters. The molecule has 17 heavy (non-hydrogen) atoms. The van der Waals surface area contributed by atoms with Gasteiger partial charge in [0, 0.05) is 0 Å². The number of hydrogen-bond donors (Lipinski definition) is 2. The number of nitrogen functional groups attached to an aromatic ring is 1. The van der Waals surface area contributed by atoms with Gasteiger partial charge in [-0.1, -0.05) is 39.0 Å². The Hall–Kier alpha value is -1.59. The molecule has 1 rings (SSSR count). The number of carbonyl (C=O) groups is 1. The Bertz CT molecular complexity index is 338. The van der Waals surface area contributed by atoms with Gasteiger partial charge >= 0.3 is 5.97 Å². The van der Waals surface area contributed by atoms with Crippen LogP contribution in [0, 0.1) is 0 Å². The van der Waals surface area contributed by atoms with Gasteiger partial charge in [-0.3, -0.25) is 5.10 Å². The fourth-order valence-electron chi connectivity index (χ4n) is 1.48. The van der Waals surface area contributed by atoms with Crippen molar-refractivity contribution in [1.82, 2.24) is 15.2 Å². The van der Waals surface area contributed by atoms with Gasteiger partial charge in [-0.15, -0.1) is 5.10 Å².